The van der Waals surface area contributed by atoms with Crippen molar-refractivity contribution in [2.45, 2.75) is 6.54 Å². The molecule has 6 heteroatoms. The van der Waals surface area contributed by atoms with Crippen LogP contribution in [-0.4, -0.2) is 19.7 Å². The zero-order valence-electron chi connectivity index (χ0n) is 8.18. The Balaban J connectivity index is 2.02. The minimum atomic E-state index is 0.470. The number of hydrogen-bond donors (Lipinski definition) is 1. The molecular weight excluding hydrogens is 214 g/mol. The summed E-state index contributed by atoms with van der Waals surface area (Å²) < 4.78 is 1.72. The lowest BCUT2D eigenvalue weighted by atomic mass is 10.4. The maximum atomic E-state index is 5.75. The average Bonchev–Trinajstić information content (AvgIpc) is 2.61. The SMILES string of the molecule is Cn1ncnc1CNc1ccnc(Cl)c1. The van der Waals surface area contributed by atoms with Crippen molar-refractivity contribution in [1.29, 1.82) is 0 Å². The number of anilines is 1. The molecule has 0 aliphatic carbocycles. The second-order valence-corrected chi connectivity index (χ2v) is 3.41. The van der Waals surface area contributed by atoms with Gasteiger partial charge in [-0.15, -0.1) is 0 Å². The zero-order valence-corrected chi connectivity index (χ0v) is 8.94. The molecule has 0 radical (unpaired) electrons. The highest BCUT2D eigenvalue weighted by atomic mass is 35.5. The fourth-order valence-corrected chi connectivity index (χ4v) is 1.35. The van der Waals surface area contributed by atoms with Gasteiger partial charge in [-0.1, -0.05) is 11.6 Å². The van der Waals surface area contributed by atoms with Crippen LogP contribution in [0.4, 0.5) is 5.69 Å². The number of nitrogens with one attached hydrogen (secondary N) is 1. The van der Waals surface area contributed by atoms with Gasteiger partial charge in [-0.3, -0.25) is 4.68 Å². The van der Waals surface area contributed by atoms with E-state index in [1.807, 2.05) is 13.1 Å². The van der Waals surface area contributed by atoms with Gasteiger partial charge in [0.1, 0.15) is 17.3 Å². The summed E-state index contributed by atoms with van der Waals surface area (Å²) in [6, 6.07) is 3.61. The number of halogens is 1. The van der Waals surface area contributed by atoms with Crippen LogP contribution in [0.5, 0.6) is 0 Å². The molecule has 2 heterocycles. The summed E-state index contributed by atoms with van der Waals surface area (Å²) >= 11 is 5.75. The van der Waals surface area contributed by atoms with Crippen LogP contribution in [0, 0.1) is 0 Å². The van der Waals surface area contributed by atoms with Crippen molar-refractivity contribution in [2.24, 2.45) is 7.05 Å². The summed E-state index contributed by atoms with van der Waals surface area (Å²) in [7, 11) is 1.85. The Morgan fingerprint density at radius 3 is 3.00 bits per heavy atom. The van der Waals surface area contributed by atoms with Crippen LogP contribution >= 0.6 is 11.6 Å². The fourth-order valence-electron chi connectivity index (χ4n) is 1.17. The van der Waals surface area contributed by atoms with Gasteiger partial charge >= 0.3 is 0 Å². The first-order chi connectivity index (χ1) is 7.25. The molecule has 0 saturated carbocycles. The Kier molecular flexibility index (Phi) is 2.82. The highest BCUT2D eigenvalue weighted by Gasteiger charge is 2.00. The second-order valence-electron chi connectivity index (χ2n) is 3.02. The molecule has 0 aromatic carbocycles. The highest BCUT2D eigenvalue weighted by Crippen LogP contribution is 2.12. The molecule has 0 unspecified atom stereocenters. The van der Waals surface area contributed by atoms with Crippen molar-refractivity contribution < 1.29 is 0 Å². The Morgan fingerprint density at radius 2 is 2.33 bits per heavy atom. The molecule has 15 heavy (non-hydrogen) atoms. The topological polar surface area (TPSA) is 55.6 Å². The summed E-state index contributed by atoms with van der Waals surface area (Å²) in [5.41, 5.74) is 0.915. The van der Waals surface area contributed by atoms with E-state index in [1.54, 1.807) is 16.9 Å². The molecule has 2 rings (SSSR count). The summed E-state index contributed by atoms with van der Waals surface area (Å²) in [4.78, 5) is 7.99. The van der Waals surface area contributed by atoms with Gasteiger partial charge < -0.3 is 5.32 Å². The van der Waals surface area contributed by atoms with E-state index in [2.05, 4.69) is 20.4 Å². The molecule has 2 aromatic rings. The lowest BCUT2D eigenvalue weighted by Gasteiger charge is -2.05. The van der Waals surface area contributed by atoms with Gasteiger partial charge in [-0.2, -0.15) is 5.10 Å². The summed E-state index contributed by atoms with van der Waals surface area (Å²) in [5, 5.41) is 7.62. The molecule has 0 saturated heterocycles. The molecular formula is C9H10ClN5. The number of rotatable bonds is 3. The Bertz CT molecular complexity index is 453. The Hall–Kier alpha value is -1.62. The van der Waals surface area contributed by atoms with E-state index < -0.39 is 0 Å². The van der Waals surface area contributed by atoms with E-state index in [9.17, 15) is 0 Å². The molecule has 0 aliphatic rings. The smallest absolute Gasteiger partial charge is 0.145 e. The van der Waals surface area contributed by atoms with Crippen molar-refractivity contribution in [1.82, 2.24) is 19.7 Å². The zero-order chi connectivity index (χ0) is 10.7. The molecule has 2 aromatic heterocycles. The predicted molar refractivity (Wildman–Crippen MR) is 57.6 cm³/mol. The number of hydrogen-bond acceptors (Lipinski definition) is 4. The number of aryl methyl sites for hydroxylation is 1. The highest BCUT2D eigenvalue weighted by molar-refractivity contribution is 6.29. The average molecular weight is 224 g/mol. The van der Waals surface area contributed by atoms with Gasteiger partial charge in [-0.25, -0.2) is 9.97 Å². The van der Waals surface area contributed by atoms with Gasteiger partial charge in [0.05, 0.1) is 6.54 Å². The molecule has 0 spiro atoms. The first-order valence-corrected chi connectivity index (χ1v) is 4.82. The number of nitrogens with zero attached hydrogens (tertiary/aromatic N) is 4. The molecule has 0 atom stereocenters. The maximum absolute atomic E-state index is 5.75. The fraction of sp³-hybridized carbons (Fsp3) is 0.222. The van der Waals surface area contributed by atoms with Gasteiger partial charge in [0.15, 0.2) is 0 Å². The van der Waals surface area contributed by atoms with Gasteiger partial charge in [0, 0.05) is 18.9 Å². The van der Waals surface area contributed by atoms with Crippen LogP contribution < -0.4 is 5.32 Å². The third-order valence-corrected chi connectivity index (χ3v) is 2.19. The van der Waals surface area contributed by atoms with Crippen LogP contribution in [0.2, 0.25) is 5.15 Å². The monoisotopic (exact) mass is 223 g/mol. The largest absolute Gasteiger partial charge is 0.378 e. The summed E-state index contributed by atoms with van der Waals surface area (Å²) in [6.45, 7) is 0.608. The van der Waals surface area contributed by atoms with Gasteiger partial charge in [0.25, 0.3) is 0 Å². The van der Waals surface area contributed by atoms with Crippen LogP contribution in [0.1, 0.15) is 5.82 Å². The molecule has 0 amide bonds. The number of aromatic nitrogens is 4. The molecule has 5 nitrogen and oxygen atoms in total. The summed E-state index contributed by atoms with van der Waals surface area (Å²) in [5.74, 6) is 0.864. The third-order valence-electron chi connectivity index (χ3n) is 1.98. The molecule has 0 bridgehead atoms. The van der Waals surface area contributed by atoms with Crippen LogP contribution in [0.15, 0.2) is 24.7 Å². The van der Waals surface area contributed by atoms with E-state index in [0.29, 0.717) is 11.7 Å². The number of pyridine rings is 1. The minimum absolute atomic E-state index is 0.470. The van der Waals surface area contributed by atoms with Crippen molar-refractivity contribution >= 4 is 17.3 Å². The maximum Gasteiger partial charge on any atom is 0.145 e. The first-order valence-electron chi connectivity index (χ1n) is 4.44. The van der Waals surface area contributed by atoms with Crippen LogP contribution in [0.3, 0.4) is 0 Å². The lowest BCUT2D eigenvalue weighted by Crippen LogP contribution is -2.06. The first kappa shape index (κ1) is 9.92. The van der Waals surface area contributed by atoms with E-state index in [4.69, 9.17) is 11.6 Å². The van der Waals surface area contributed by atoms with Crippen LogP contribution in [-0.2, 0) is 13.6 Å². The quantitative estimate of drug-likeness (QED) is 0.801. The van der Waals surface area contributed by atoms with Gasteiger partial charge in [0.2, 0.25) is 0 Å². The molecule has 78 valence electrons. The Morgan fingerprint density at radius 1 is 1.47 bits per heavy atom. The van der Waals surface area contributed by atoms with Gasteiger partial charge in [-0.05, 0) is 12.1 Å². The van der Waals surface area contributed by atoms with E-state index in [1.165, 1.54) is 6.33 Å². The van der Waals surface area contributed by atoms with Crippen molar-refractivity contribution in [3.63, 3.8) is 0 Å². The predicted octanol–water partition coefficient (Wildman–Crippen LogP) is 1.48. The standard InChI is InChI=1S/C9H10ClN5/c1-15-9(13-6-14-15)5-12-7-2-3-11-8(10)4-7/h2-4,6H,5H2,1H3,(H,11,12). The third kappa shape index (κ3) is 2.44. The molecule has 0 aliphatic heterocycles. The second kappa shape index (κ2) is 4.27. The normalized spacial score (nSPS) is 10.3. The van der Waals surface area contributed by atoms with E-state index in [-0.39, 0.29) is 0 Å². The van der Waals surface area contributed by atoms with E-state index >= 15 is 0 Å². The van der Waals surface area contributed by atoms with Crippen molar-refractivity contribution in [2.75, 3.05) is 5.32 Å². The minimum Gasteiger partial charge on any atom is -0.378 e. The molecule has 0 fully saturated rings. The summed E-state index contributed by atoms with van der Waals surface area (Å²) in [6.07, 6.45) is 3.18. The van der Waals surface area contributed by atoms with E-state index in [0.717, 1.165) is 11.5 Å². The van der Waals surface area contributed by atoms with Crippen molar-refractivity contribution in [3.8, 4) is 0 Å². The molecule has 1 N–H and O–H groups in total. The van der Waals surface area contributed by atoms with Crippen LogP contribution in [0.25, 0.3) is 0 Å². The van der Waals surface area contributed by atoms with Crippen molar-refractivity contribution in [3.05, 3.63) is 35.6 Å². The Labute approximate surface area is 92.1 Å². The lowest BCUT2D eigenvalue weighted by molar-refractivity contribution is 0.712.